The SMILES string of the molecule is COc1cc(C=C2SC(=O)NC2=O)ccc1Oc1ccc(C(N)=O)c2ccccc12. The quantitative estimate of drug-likeness (QED) is 0.603. The maximum Gasteiger partial charge on any atom is 0.290 e. The molecule has 0 atom stereocenters. The van der Waals surface area contributed by atoms with Crippen LogP contribution in [0.25, 0.3) is 16.8 Å². The Hall–Kier alpha value is -3.78. The van der Waals surface area contributed by atoms with Gasteiger partial charge >= 0.3 is 0 Å². The molecule has 0 spiro atoms. The van der Waals surface area contributed by atoms with Crippen molar-refractivity contribution in [1.29, 1.82) is 0 Å². The van der Waals surface area contributed by atoms with Crippen molar-refractivity contribution in [3.63, 3.8) is 0 Å². The lowest BCUT2D eigenvalue weighted by Crippen LogP contribution is -2.17. The molecule has 3 aromatic rings. The Bertz CT molecular complexity index is 1240. The number of thioether (sulfide) groups is 1. The number of fused-ring (bicyclic) bond motifs is 1. The molecule has 1 fully saturated rings. The summed E-state index contributed by atoms with van der Waals surface area (Å²) in [5.74, 6) is 0.500. The molecule has 150 valence electrons. The van der Waals surface area contributed by atoms with E-state index in [1.54, 1.807) is 42.5 Å². The van der Waals surface area contributed by atoms with Crippen molar-refractivity contribution in [3.8, 4) is 17.2 Å². The Morgan fingerprint density at radius 2 is 1.73 bits per heavy atom. The van der Waals surface area contributed by atoms with Gasteiger partial charge in [0.1, 0.15) is 5.75 Å². The number of amides is 3. The van der Waals surface area contributed by atoms with E-state index in [9.17, 15) is 14.4 Å². The van der Waals surface area contributed by atoms with E-state index in [-0.39, 0.29) is 0 Å². The maximum absolute atomic E-state index is 11.7. The molecule has 8 heteroatoms. The minimum atomic E-state index is -0.514. The van der Waals surface area contributed by atoms with E-state index in [1.807, 2.05) is 18.2 Å². The largest absolute Gasteiger partial charge is 0.493 e. The van der Waals surface area contributed by atoms with Gasteiger partial charge in [-0.25, -0.2) is 0 Å². The number of benzene rings is 3. The van der Waals surface area contributed by atoms with Crippen LogP contribution in [-0.2, 0) is 4.79 Å². The van der Waals surface area contributed by atoms with Crippen LogP contribution in [0.5, 0.6) is 17.2 Å². The predicted molar refractivity (Wildman–Crippen MR) is 115 cm³/mol. The fraction of sp³-hybridized carbons (Fsp3) is 0.0455. The van der Waals surface area contributed by atoms with Crippen LogP contribution in [0.2, 0.25) is 0 Å². The summed E-state index contributed by atoms with van der Waals surface area (Å²) < 4.78 is 11.5. The first-order valence-corrected chi connectivity index (χ1v) is 9.70. The summed E-state index contributed by atoms with van der Waals surface area (Å²) in [6.45, 7) is 0. The summed E-state index contributed by atoms with van der Waals surface area (Å²) in [7, 11) is 1.51. The van der Waals surface area contributed by atoms with E-state index in [1.165, 1.54) is 7.11 Å². The van der Waals surface area contributed by atoms with Gasteiger partial charge in [-0.2, -0.15) is 0 Å². The van der Waals surface area contributed by atoms with Gasteiger partial charge in [0, 0.05) is 10.9 Å². The number of imide groups is 1. The molecule has 0 unspecified atom stereocenters. The van der Waals surface area contributed by atoms with Crippen LogP contribution < -0.4 is 20.5 Å². The molecule has 1 saturated heterocycles. The Balaban J connectivity index is 1.70. The lowest BCUT2D eigenvalue weighted by atomic mass is 10.0. The van der Waals surface area contributed by atoms with Crippen molar-refractivity contribution in [2.75, 3.05) is 7.11 Å². The van der Waals surface area contributed by atoms with E-state index in [4.69, 9.17) is 15.2 Å². The Morgan fingerprint density at radius 3 is 2.40 bits per heavy atom. The minimum absolute atomic E-state index is 0.309. The van der Waals surface area contributed by atoms with Crippen LogP contribution in [-0.4, -0.2) is 24.2 Å². The molecule has 3 amide bonds. The van der Waals surface area contributed by atoms with Gasteiger partial charge in [0.05, 0.1) is 12.0 Å². The smallest absolute Gasteiger partial charge is 0.290 e. The van der Waals surface area contributed by atoms with Gasteiger partial charge in [0.2, 0.25) is 5.91 Å². The first-order chi connectivity index (χ1) is 14.5. The van der Waals surface area contributed by atoms with Gasteiger partial charge in [-0.15, -0.1) is 0 Å². The van der Waals surface area contributed by atoms with E-state index < -0.39 is 17.1 Å². The number of primary amides is 1. The fourth-order valence-electron chi connectivity index (χ4n) is 3.12. The van der Waals surface area contributed by atoms with Crippen LogP contribution in [0.15, 0.2) is 59.5 Å². The number of carbonyl (C=O) groups excluding carboxylic acids is 3. The second kappa shape index (κ2) is 7.92. The molecule has 7 nitrogen and oxygen atoms in total. The van der Waals surface area contributed by atoms with Crippen LogP contribution >= 0.6 is 11.8 Å². The van der Waals surface area contributed by atoms with Crippen molar-refractivity contribution < 1.29 is 23.9 Å². The molecule has 1 aliphatic rings. The molecular formula is C22H16N2O5S. The van der Waals surface area contributed by atoms with E-state index in [0.717, 1.165) is 17.1 Å². The molecule has 3 N–H and O–H groups in total. The highest BCUT2D eigenvalue weighted by molar-refractivity contribution is 8.18. The summed E-state index contributed by atoms with van der Waals surface area (Å²) in [6.07, 6.45) is 1.61. The second-order valence-corrected chi connectivity index (χ2v) is 7.40. The molecule has 4 rings (SSSR count). The van der Waals surface area contributed by atoms with Crippen molar-refractivity contribution in [2.45, 2.75) is 0 Å². The highest BCUT2D eigenvalue weighted by Crippen LogP contribution is 2.37. The van der Waals surface area contributed by atoms with Gasteiger partial charge < -0.3 is 15.2 Å². The molecule has 1 aliphatic heterocycles. The molecule has 30 heavy (non-hydrogen) atoms. The third-order valence-corrected chi connectivity index (χ3v) is 5.31. The summed E-state index contributed by atoms with van der Waals surface area (Å²) in [4.78, 5) is 35.1. The number of methoxy groups -OCH3 is 1. The number of hydrogen-bond acceptors (Lipinski definition) is 6. The number of nitrogens with two attached hydrogens (primary N) is 1. The molecule has 0 radical (unpaired) electrons. The highest BCUT2D eigenvalue weighted by Gasteiger charge is 2.25. The number of ether oxygens (including phenoxy) is 2. The van der Waals surface area contributed by atoms with E-state index >= 15 is 0 Å². The number of carbonyl (C=O) groups is 3. The summed E-state index contributed by atoms with van der Waals surface area (Å²) in [5.41, 5.74) is 6.57. The molecule has 1 heterocycles. The number of rotatable bonds is 5. The van der Waals surface area contributed by atoms with Gasteiger partial charge in [0.25, 0.3) is 11.1 Å². The molecule has 3 aromatic carbocycles. The fourth-order valence-corrected chi connectivity index (χ4v) is 3.81. The molecule has 0 aliphatic carbocycles. The predicted octanol–water partition coefficient (Wildman–Crippen LogP) is 4.06. The zero-order valence-electron chi connectivity index (χ0n) is 15.8. The minimum Gasteiger partial charge on any atom is -0.493 e. The maximum atomic E-state index is 11.7. The van der Waals surface area contributed by atoms with Crippen molar-refractivity contribution in [1.82, 2.24) is 5.32 Å². The molecular weight excluding hydrogens is 404 g/mol. The van der Waals surface area contributed by atoms with Crippen LogP contribution in [0.1, 0.15) is 15.9 Å². The lowest BCUT2D eigenvalue weighted by molar-refractivity contribution is -0.115. The van der Waals surface area contributed by atoms with Gasteiger partial charge in [-0.3, -0.25) is 19.7 Å². The van der Waals surface area contributed by atoms with Gasteiger partial charge in [-0.1, -0.05) is 30.3 Å². The Kier molecular flexibility index (Phi) is 5.16. The number of nitrogens with one attached hydrogen (secondary N) is 1. The van der Waals surface area contributed by atoms with Crippen molar-refractivity contribution in [2.24, 2.45) is 5.73 Å². The standard InChI is InChI=1S/C22H16N2O5S/c1-28-18-10-12(11-19-21(26)24-22(27)30-19)6-8-17(18)29-16-9-7-15(20(23)25)13-4-2-3-5-14(13)16/h2-11H,1H3,(H2,23,25)(H,24,26,27). The van der Waals surface area contributed by atoms with Gasteiger partial charge in [0.15, 0.2) is 11.5 Å². The zero-order valence-corrected chi connectivity index (χ0v) is 16.6. The van der Waals surface area contributed by atoms with Gasteiger partial charge in [-0.05, 0) is 53.1 Å². The normalized spacial score (nSPS) is 14.8. The summed E-state index contributed by atoms with van der Waals surface area (Å²) >= 11 is 0.846. The van der Waals surface area contributed by atoms with E-state index in [0.29, 0.717) is 38.7 Å². The zero-order chi connectivity index (χ0) is 21.3. The Labute approximate surface area is 175 Å². The molecule has 0 saturated carbocycles. The topological polar surface area (TPSA) is 108 Å². The third-order valence-electron chi connectivity index (χ3n) is 4.50. The average molecular weight is 420 g/mol. The summed E-state index contributed by atoms with van der Waals surface area (Å²) in [5, 5.41) is 3.25. The van der Waals surface area contributed by atoms with Crippen LogP contribution in [0.4, 0.5) is 4.79 Å². The number of hydrogen-bond donors (Lipinski definition) is 2. The lowest BCUT2D eigenvalue weighted by Gasteiger charge is -2.14. The summed E-state index contributed by atoms with van der Waals surface area (Å²) in [6, 6.07) is 15.8. The van der Waals surface area contributed by atoms with Crippen LogP contribution in [0.3, 0.4) is 0 Å². The molecule has 0 bridgehead atoms. The van der Waals surface area contributed by atoms with E-state index in [2.05, 4.69) is 5.32 Å². The first-order valence-electron chi connectivity index (χ1n) is 8.88. The third kappa shape index (κ3) is 3.72. The molecule has 0 aromatic heterocycles. The second-order valence-electron chi connectivity index (χ2n) is 6.39. The highest BCUT2D eigenvalue weighted by atomic mass is 32.2. The Morgan fingerprint density at radius 1 is 1.00 bits per heavy atom. The van der Waals surface area contributed by atoms with Crippen LogP contribution in [0, 0.1) is 0 Å². The van der Waals surface area contributed by atoms with Crippen molar-refractivity contribution >= 4 is 45.7 Å². The average Bonchev–Trinajstić information content (AvgIpc) is 3.05. The monoisotopic (exact) mass is 420 g/mol. The first kappa shape index (κ1) is 19.5. The van der Waals surface area contributed by atoms with Crippen molar-refractivity contribution in [3.05, 3.63) is 70.6 Å².